The van der Waals surface area contributed by atoms with Crippen LogP contribution in [0.1, 0.15) is 29.3 Å². The highest BCUT2D eigenvalue weighted by atomic mass is 16.2. The van der Waals surface area contributed by atoms with Gasteiger partial charge >= 0.3 is 6.03 Å². The van der Waals surface area contributed by atoms with Crippen molar-refractivity contribution in [2.75, 3.05) is 18.0 Å². The van der Waals surface area contributed by atoms with Crippen molar-refractivity contribution < 1.29 is 9.59 Å². The lowest BCUT2D eigenvalue weighted by Crippen LogP contribution is -2.50. The number of hydrogen-bond donors (Lipinski definition) is 1. The predicted molar refractivity (Wildman–Crippen MR) is 118 cm³/mol. The fourth-order valence-electron chi connectivity index (χ4n) is 4.53. The maximum Gasteiger partial charge on any atom is 0.318 e. The number of hydrogen-bond acceptors (Lipinski definition) is 3. The Kier molecular flexibility index (Phi) is 4.94. The molecule has 3 aromatic rings. The minimum Gasteiger partial charge on any atom is -0.348 e. The number of carbonyl (C=O) groups is 2. The second-order valence-corrected chi connectivity index (χ2v) is 8.20. The van der Waals surface area contributed by atoms with E-state index in [2.05, 4.69) is 20.9 Å². The average Bonchev–Trinajstić information content (AvgIpc) is 3.40. The van der Waals surface area contributed by atoms with E-state index >= 15 is 0 Å². The first-order chi connectivity index (χ1) is 15.1. The maximum atomic E-state index is 13.3. The zero-order valence-corrected chi connectivity index (χ0v) is 17.4. The molecule has 1 fully saturated rings. The molecule has 7 nitrogen and oxygen atoms in total. The number of rotatable bonds is 3. The predicted octanol–water partition coefficient (Wildman–Crippen LogP) is 3.11. The van der Waals surface area contributed by atoms with Crippen molar-refractivity contribution in [3.63, 3.8) is 0 Å². The number of aromatic nitrogens is 2. The van der Waals surface area contributed by atoms with Crippen molar-refractivity contribution in [3.8, 4) is 0 Å². The monoisotopic (exact) mass is 415 g/mol. The summed E-state index contributed by atoms with van der Waals surface area (Å²) in [6.07, 6.45) is 5.90. The quantitative estimate of drug-likeness (QED) is 0.715. The van der Waals surface area contributed by atoms with E-state index in [0.717, 1.165) is 29.1 Å². The lowest BCUT2D eigenvalue weighted by atomic mass is 10.0. The molecule has 0 spiro atoms. The maximum absolute atomic E-state index is 13.3. The first-order valence-electron chi connectivity index (χ1n) is 10.6. The minimum absolute atomic E-state index is 0.0329. The van der Waals surface area contributed by atoms with Gasteiger partial charge in [0.2, 0.25) is 5.91 Å². The van der Waals surface area contributed by atoms with Crippen molar-refractivity contribution >= 4 is 17.6 Å². The van der Waals surface area contributed by atoms with Gasteiger partial charge in [-0.2, -0.15) is 0 Å². The van der Waals surface area contributed by atoms with Gasteiger partial charge in [0.15, 0.2) is 0 Å². The van der Waals surface area contributed by atoms with Crippen LogP contribution in [0.4, 0.5) is 10.5 Å². The van der Waals surface area contributed by atoms with E-state index in [-0.39, 0.29) is 24.0 Å². The molecular weight excluding hydrogens is 390 g/mol. The number of urea groups is 1. The van der Waals surface area contributed by atoms with Crippen molar-refractivity contribution in [3.05, 3.63) is 83.9 Å². The highest BCUT2D eigenvalue weighted by molar-refractivity contribution is 5.96. The van der Waals surface area contributed by atoms with Crippen LogP contribution in [-0.4, -0.2) is 45.5 Å². The van der Waals surface area contributed by atoms with E-state index < -0.39 is 0 Å². The van der Waals surface area contributed by atoms with Gasteiger partial charge < -0.3 is 19.7 Å². The molecule has 5 rings (SSSR count). The van der Waals surface area contributed by atoms with E-state index in [4.69, 9.17) is 0 Å². The summed E-state index contributed by atoms with van der Waals surface area (Å²) in [7, 11) is 0. The molecule has 2 aliphatic rings. The van der Waals surface area contributed by atoms with Crippen LogP contribution in [-0.2, 0) is 11.3 Å². The lowest BCUT2D eigenvalue weighted by molar-refractivity contribution is -0.117. The molecule has 31 heavy (non-hydrogen) atoms. The van der Waals surface area contributed by atoms with E-state index in [1.165, 1.54) is 0 Å². The number of anilines is 1. The summed E-state index contributed by atoms with van der Waals surface area (Å²) < 4.78 is 2.18. The van der Waals surface area contributed by atoms with Crippen LogP contribution in [0.2, 0.25) is 0 Å². The Labute approximate surface area is 181 Å². The van der Waals surface area contributed by atoms with Crippen LogP contribution in [0, 0.1) is 6.92 Å². The molecule has 0 aliphatic carbocycles. The molecule has 4 heterocycles. The highest BCUT2D eigenvalue weighted by Gasteiger charge is 2.36. The van der Waals surface area contributed by atoms with Crippen LogP contribution in [0.15, 0.2) is 67.1 Å². The Morgan fingerprint density at radius 2 is 1.94 bits per heavy atom. The summed E-state index contributed by atoms with van der Waals surface area (Å²) in [4.78, 5) is 33.8. The average molecular weight is 415 g/mol. The molecule has 7 heteroatoms. The Hall–Kier alpha value is -3.61. The fourth-order valence-corrected chi connectivity index (χ4v) is 4.53. The van der Waals surface area contributed by atoms with Crippen molar-refractivity contribution in [2.24, 2.45) is 0 Å². The molecular formula is C24H25N5O2. The summed E-state index contributed by atoms with van der Waals surface area (Å²) in [5.74, 6) is 0.0329. The Balaban J connectivity index is 1.34. The topological polar surface area (TPSA) is 70.5 Å². The molecule has 3 amide bonds. The normalized spacial score (nSPS) is 20.6. The number of nitrogens with zero attached hydrogens (tertiary/aromatic N) is 4. The van der Waals surface area contributed by atoms with Gasteiger partial charge in [-0.1, -0.05) is 23.8 Å². The third-order valence-electron chi connectivity index (χ3n) is 6.10. The van der Waals surface area contributed by atoms with Crippen LogP contribution in [0.3, 0.4) is 0 Å². The largest absolute Gasteiger partial charge is 0.348 e. The number of aryl methyl sites for hydroxylation is 1. The number of amides is 3. The lowest BCUT2D eigenvalue weighted by Gasteiger charge is -2.37. The van der Waals surface area contributed by atoms with Crippen molar-refractivity contribution in [1.29, 1.82) is 0 Å². The van der Waals surface area contributed by atoms with E-state index in [1.54, 1.807) is 11.1 Å². The van der Waals surface area contributed by atoms with Gasteiger partial charge in [-0.15, -0.1) is 0 Å². The summed E-state index contributed by atoms with van der Waals surface area (Å²) >= 11 is 0. The smallest absolute Gasteiger partial charge is 0.318 e. The van der Waals surface area contributed by atoms with Crippen molar-refractivity contribution in [1.82, 2.24) is 19.8 Å². The number of pyridine rings is 1. The van der Waals surface area contributed by atoms with Gasteiger partial charge in [0.1, 0.15) is 6.04 Å². The van der Waals surface area contributed by atoms with Crippen LogP contribution >= 0.6 is 0 Å². The van der Waals surface area contributed by atoms with E-state index in [0.29, 0.717) is 19.5 Å². The third kappa shape index (κ3) is 3.67. The summed E-state index contributed by atoms with van der Waals surface area (Å²) in [6, 6.07) is 15.3. The molecule has 2 aliphatic heterocycles. The van der Waals surface area contributed by atoms with Gasteiger partial charge in [0, 0.05) is 56.0 Å². The molecule has 1 aromatic carbocycles. The zero-order valence-electron chi connectivity index (χ0n) is 17.4. The molecule has 1 N–H and O–H groups in total. The Morgan fingerprint density at radius 3 is 2.71 bits per heavy atom. The SMILES string of the molecule is Cc1ccc(N2CC(NC(=O)N3CCn4cccc4C3c3cccnc3)CC2=O)cc1. The third-order valence-corrected chi connectivity index (χ3v) is 6.10. The van der Waals surface area contributed by atoms with Crippen LogP contribution < -0.4 is 10.2 Å². The highest BCUT2D eigenvalue weighted by Crippen LogP contribution is 2.32. The molecule has 158 valence electrons. The first-order valence-corrected chi connectivity index (χ1v) is 10.6. The van der Waals surface area contributed by atoms with Gasteiger partial charge in [-0.25, -0.2) is 4.79 Å². The van der Waals surface area contributed by atoms with Gasteiger partial charge in [0.05, 0.1) is 6.04 Å². The van der Waals surface area contributed by atoms with Crippen LogP contribution in [0.25, 0.3) is 0 Å². The minimum atomic E-state index is -0.218. The molecule has 0 saturated carbocycles. The Bertz CT molecular complexity index is 1090. The summed E-state index contributed by atoms with van der Waals surface area (Å²) in [6.45, 7) is 3.84. The molecule has 2 unspecified atom stereocenters. The van der Waals surface area contributed by atoms with Crippen molar-refractivity contribution in [2.45, 2.75) is 32.0 Å². The van der Waals surface area contributed by atoms with Crippen LogP contribution in [0.5, 0.6) is 0 Å². The summed E-state index contributed by atoms with van der Waals surface area (Å²) in [5.41, 5.74) is 4.06. The van der Waals surface area contributed by atoms with E-state index in [9.17, 15) is 9.59 Å². The van der Waals surface area contributed by atoms with E-state index in [1.807, 2.05) is 66.7 Å². The molecule has 2 aromatic heterocycles. The molecule has 2 atom stereocenters. The second kappa shape index (κ2) is 7.91. The number of nitrogens with one attached hydrogen (secondary N) is 1. The first kappa shape index (κ1) is 19.4. The molecule has 0 radical (unpaired) electrons. The number of benzene rings is 1. The molecule has 0 bridgehead atoms. The summed E-state index contributed by atoms with van der Waals surface area (Å²) in [5, 5.41) is 3.11. The Morgan fingerprint density at radius 1 is 1.10 bits per heavy atom. The standard InChI is InChI=1S/C24H25N5O2/c1-17-6-8-20(9-7-17)29-16-19(14-22(29)30)26-24(31)28-13-12-27-11-3-5-21(27)23(28)18-4-2-10-25-15-18/h2-11,15,19,23H,12-14,16H2,1H3,(H,26,31). The second-order valence-electron chi connectivity index (χ2n) is 8.20. The van der Waals surface area contributed by atoms with Gasteiger partial charge in [0.25, 0.3) is 0 Å². The fraction of sp³-hybridized carbons (Fsp3) is 0.292. The molecule has 1 saturated heterocycles. The number of fused-ring (bicyclic) bond motifs is 1. The number of carbonyl (C=O) groups excluding carboxylic acids is 2. The zero-order chi connectivity index (χ0) is 21.4. The van der Waals surface area contributed by atoms with Gasteiger partial charge in [-0.05, 0) is 42.8 Å². The van der Waals surface area contributed by atoms with Gasteiger partial charge in [-0.3, -0.25) is 9.78 Å².